The summed E-state index contributed by atoms with van der Waals surface area (Å²) < 4.78 is 27.3. The van der Waals surface area contributed by atoms with Crippen LogP contribution in [0.4, 0.5) is 0 Å². The monoisotopic (exact) mass is 373 g/mol. The molecule has 0 saturated carbocycles. The van der Waals surface area contributed by atoms with Gasteiger partial charge in [-0.2, -0.15) is 0 Å². The number of sulfonamides is 1. The van der Waals surface area contributed by atoms with Crippen molar-refractivity contribution in [2.45, 2.75) is 24.6 Å². The van der Waals surface area contributed by atoms with Crippen molar-refractivity contribution in [3.05, 3.63) is 66.0 Å². The number of pyridine rings is 1. The molecule has 0 N–H and O–H groups in total. The first-order chi connectivity index (χ1) is 12.5. The largest absolute Gasteiger partial charge is 0.337 e. The molecule has 1 saturated heterocycles. The minimum atomic E-state index is -3.50. The van der Waals surface area contributed by atoms with E-state index in [0.29, 0.717) is 24.9 Å². The topological polar surface area (TPSA) is 70.6 Å². The van der Waals surface area contributed by atoms with E-state index >= 15 is 0 Å². The van der Waals surface area contributed by atoms with E-state index in [0.717, 1.165) is 5.56 Å². The van der Waals surface area contributed by atoms with Crippen molar-refractivity contribution in [3.63, 3.8) is 0 Å². The van der Waals surface area contributed by atoms with Gasteiger partial charge in [-0.15, -0.1) is 0 Å². The molecule has 1 aliphatic rings. The van der Waals surface area contributed by atoms with Crippen LogP contribution in [0.15, 0.2) is 54.9 Å². The van der Waals surface area contributed by atoms with Crippen molar-refractivity contribution in [1.29, 1.82) is 0 Å². The lowest BCUT2D eigenvalue weighted by molar-refractivity contribution is 0.0725. The van der Waals surface area contributed by atoms with Crippen LogP contribution in [0.1, 0.15) is 28.8 Å². The van der Waals surface area contributed by atoms with E-state index in [1.54, 1.807) is 42.5 Å². The second-order valence-electron chi connectivity index (χ2n) is 6.54. The summed E-state index contributed by atoms with van der Waals surface area (Å²) in [5.41, 5.74) is 1.43. The van der Waals surface area contributed by atoms with E-state index in [2.05, 4.69) is 4.98 Å². The van der Waals surface area contributed by atoms with Crippen LogP contribution in [0.5, 0.6) is 0 Å². The van der Waals surface area contributed by atoms with Gasteiger partial charge in [-0.25, -0.2) is 12.7 Å². The van der Waals surface area contributed by atoms with Gasteiger partial charge in [-0.05, 0) is 36.6 Å². The number of amides is 1. The quantitative estimate of drug-likeness (QED) is 0.805. The summed E-state index contributed by atoms with van der Waals surface area (Å²) in [6.07, 6.45) is 4.58. The molecular weight excluding hydrogens is 350 g/mol. The Morgan fingerprint density at radius 3 is 2.69 bits per heavy atom. The normalized spacial score (nSPS) is 18.1. The zero-order valence-corrected chi connectivity index (χ0v) is 15.6. The first kappa shape index (κ1) is 18.5. The molecule has 1 fully saturated rings. The molecule has 0 spiro atoms. The van der Waals surface area contributed by atoms with Crippen LogP contribution in [-0.4, -0.2) is 53.9 Å². The molecule has 138 valence electrons. The predicted octanol–water partition coefficient (Wildman–Crippen LogP) is 2.15. The molecule has 26 heavy (non-hydrogen) atoms. The average molecular weight is 373 g/mol. The van der Waals surface area contributed by atoms with Crippen molar-refractivity contribution in [3.8, 4) is 0 Å². The maximum absolute atomic E-state index is 13.0. The van der Waals surface area contributed by atoms with Crippen LogP contribution < -0.4 is 0 Å². The van der Waals surface area contributed by atoms with Crippen LogP contribution >= 0.6 is 0 Å². The van der Waals surface area contributed by atoms with Gasteiger partial charge >= 0.3 is 0 Å². The van der Waals surface area contributed by atoms with Crippen molar-refractivity contribution >= 4 is 15.9 Å². The van der Waals surface area contributed by atoms with Gasteiger partial charge < -0.3 is 4.90 Å². The highest BCUT2D eigenvalue weighted by atomic mass is 32.2. The molecule has 1 aliphatic heterocycles. The number of hydrogen-bond acceptors (Lipinski definition) is 4. The second kappa shape index (κ2) is 7.97. The van der Waals surface area contributed by atoms with Gasteiger partial charge in [0.15, 0.2) is 0 Å². The number of nitrogens with zero attached hydrogens (tertiary/aromatic N) is 3. The van der Waals surface area contributed by atoms with Crippen molar-refractivity contribution < 1.29 is 13.2 Å². The molecule has 7 heteroatoms. The number of piperidine rings is 1. The first-order valence-corrected chi connectivity index (χ1v) is 10.2. The number of rotatable bonds is 5. The minimum Gasteiger partial charge on any atom is -0.337 e. The van der Waals surface area contributed by atoms with E-state index in [1.165, 1.54) is 4.31 Å². The number of benzene rings is 1. The molecule has 2 heterocycles. The van der Waals surface area contributed by atoms with E-state index in [9.17, 15) is 13.2 Å². The summed E-state index contributed by atoms with van der Waals surface area (Å²) >= 11 is 0. The second-order valence-corrected chi connectivity index (χ2v) is 8.86. The number of hydrogen-bond donors (Lipinski definition) is 0. The molecule has 1 aromatic carbocycles. The molecule has 0 bridgehead atoms. The molecular formula is C19H23N3O3S. The third-order valence-electron chi connectivity index (χ3n) is 4.67. The van der Waals surface area contributed by atoms with Crippen molar-refractivity contribution in [2.75, 3.05) is 20.1 Å². The van der Waals surface area contributed by atoms with Gasteiger partial charge in [0.05, 0.1) is 5.25 Å². The molecule has 6 nitrogen and oxygen atoms in total. The molecule has 1 aromatic heterocycles. The van der Waals surface area contributed by atoms with Gasteiger partial charge in [0.25, 0.3) is 5.91 Å². The fourth-order valence-electron chi connectivity index (χ4n) is 3.22. The molecule has 0 radical (unpaired) electrons. The third-order valence-corrected chi connectivity index (χ3v) is 6.89. The lowest BCUT2D eigenvalue weighted by Gasteiger charge is -2.34. The lowest BCUT2D eigenvalue weighted by atomic mass is 10.1. The first-order valence-electron chi connectivity index (χ1n) is 8.67. The third kappa shape index (κ3) is 4.11. The van der Waals surface area contributed by atoms with E-state index in [1.807, 2.05) is 24.3 Å². The zero-order valence-electron chi connectivity index (χ0n) is 14.8. The predicted molar refractivity (Wildman–Crippen MR) is 100.0 cm³/mol. The minimum absolute atomic E-state index is 0.111. The summed E-state index contributed by atoms with van der Waals surface area (Å²) in [7, 11) is -1.91. The number of carbonyl (C=O) groups excluding carboxylic acids is 1. The van der Waals surface area contributed by atoms with E-state index < -0.39 is 15.3 Å². The Kier molecular flexibility index (Phi) is 5.68. The summed E-state index contributed by atoms with van der Waals surface area (Å²) in [5.74, 6) is -0.111. The smallest absolute Gasteiger partial charge is 0.253 e. The fourth-order valence-corrected chi connectivity index (χ4v) is 4.89. The Morgan fingerprint density at radius 2 is 2.00 bits per heavy atom. The fraction of sp³-hybridized carbons (Fsp3) is 0.368. The molecule has 2 aromatic rings. The Labute approximate surface area is 154 Å². The number of carbonyl (C=O) groups is 1. The summed E-state index contributed by atoms with van der Waals surface area (Å²) in [6, 6.07) is 12.6. The van der Waals surface area contributed by atoms with E-state index in [4.69, 9.17) is 0 Å². The highest BCUT2D eigenvalue weighted by Gasteiger charge is 2.35. The zero-order chi connectivity index (χ0) is 18.6. The standard InChI is InChI=1S/C19H23N3O3S/c1-21(14-16-7-5-11-20-13-16)26(24,25)18-10-6-12-22(15-18)19(23)17-8-3-2-4-9-17/h2-5,7-9,11,13,18H,6,10,12,14-15H2,1H3. The van der Waals surface area contributed by atoms with Crippen LogP contribution in [0, 0.1) is 0 Å². The lowest BCUT2D eigenvalue weighted by Crippen LogP contribution is -2.48. The van der Waals surface area contributed by atoms with Gasteiger partial charge in [-0.3, -0.25) is 9.78 Å². The molecule has 1 unspecified atom stereocenters. The van der Waals surface area contributed by atoms with Crippen molar-refractivity contribution in [1.82, 2.24) is 14.2 Å². The van der Waals surface area contributed by atoms with Gasteiger partial charge in [0, 0.05) is 44.6 Å². The van der Waals surface area contributed by atoms with Gasteiger partial charge in [0.2, 0.25) is 10.0 Å². The number of aromatic nitrogens is 1. The maximum atomic E-state index is 13.0. The summed E-state index contributed by atoms with van der Waals surface area (Å²) in [5, 5.41) is -0.578. The molecule has 1 amide bonds. The summed E-state index contributed by atoms with van der Waals surface area (Å²) in [4.78, 5) is 18.3. The van der Waals surface area contributed by atoms with Crippen LogP contribution in [0.2, 0.25) is 0 Å². The Morgan fingerprint density at radius 1 is 1.23 bits per heavy atom. The summed E-state index contributed by atoms with van der Waals surface area (Å²) in [6.45, 7) is 1.10. The molecule has 1 atom stereocenters. The van der Waals surface area contributed by atoms with Gasteiger partial charge in [0.1, 0.15) is 0 Å². The van der Waals surface area contributed by atoms with Crippen molar-refractivity contribution in [2.24, 2.45) is 0 Å². The van der Waals surface area contributed by atoms with Crippen LogP contribution in [-0.2, 0) is 16.6 Å². The Bertz CT molecular complexity index is 841. The SMILES string of the molecule is CN(Cc1cccnc1)S(=O)(=O)C1CCCN(C(=O)c2ccccc2)C1. The molecule has 0 aliphatic carbocycles. The highest BCUT2D eigenvalue weighted by molar-refractivity contribution is 7.89. The Hall–Kier alpha value is -2.25. The Balaban J connectivity index is 1.70. The average Bonchev–Trinajstić information content (AvgIpc) is 2.69. The maximum Gasteiger partial charge on any atom is 0.253 e. The van der Waals surface area contributed by atoms with Crippen LogP contribution in [0.3, 0.4) is 0 Å². The van der Waals surface area contributed by atoms with Gasteiger partial charge in [-0.1, -0.05) is 24.3 Å². The van der Waals surface area contributed by atoms with Crippen LogP contribution in [0.25, 0.3) is 0 Å². The van der Waals surface area contributed by atoms with E-state index in [-0.39, 0.29) is 19.0 Å². The highest BCUT2D eigenvalue weighted by Crippen LogP contribution is 2.22. The number of likely N-dealkylation sites (tertiary alicyclic amines) is 1. The molecule has 3 rings (SSSR count).